The zero-order chi connectivity index (χ0) is 44.4. The predicted octanol–water partition coefficient (Wildman–Crippen LogP) is 7.99. The van der Waals surface area contributed by atoms with E-state index in [1.54, 1.807) is 43.3 Å². The summed E-state index contributed by atoms with van der Waals surface area (Å²) in [6.07, 6.45) is -0.460. The van der Waals surface area contributed by atoms with Crippen molar-refractivity contribution in [1.82, 2.24) is 14.6 Å². The van der Waals surface area contributed by atoms with Crippen molar-refractivity contribution >= 4 is 61.6 Å². The number of anilines is 1. The minimum Gasteiger partial charge on any atom is -0.489 e. The Bertz CT molecular complexity index is 2850. The summed E-state index contributed by atoms with van der Waals surface area (Å²) in [5.74, 6) is 0.0971. The number of fused-ring (bicyclic) bond motifs is 2. The Balaban J connectivity index is 1.02. The number of esters is 1. The molecular formula is C46H39Cl2N5O8S2. The number of nitrogens with one attached hydrogen (secondary N) is 1. The third-order valence-corrected chi connectivity index (χ3v) is 14.4. The number of thiazole rings is 1. The molecule has 0 radical (unpaired) electrons. The Kier molecular flexibility index (Phi) is 12.6. The summed E-state index contributed by atoms with van der Waals surface area (Å²) in [5, 5.41) is 12.7. The molecule has 0 saturated heterocycles. The van der Waals surface area contributed by atoms with Crippen LogP contribution in [0.15, 0.2) is 108 Å². The van der Waals surface area contributed by atoms with E-state index in [-0.39, 0.29) is 36.2 Å². The molecule has 0 saturated carbocycles. The zero-order valence-electron chi connectivity index (χ0n) is 33.8. The standard InChI is InChI=1S/C46H39Cl2N5O8S2/c1-26-44(52-46(50)62-26)63(56,57)53-23-34-21-41-40(60-25-42(61-41)32-12-14-35(15-13-32)59-24-29-7-16-36(47)37(48)17-29)20-33(34)19-39(53)43(54)51-38(45(55)58-2)18-27-3-8-30(9-4-27)31-10-5-28(22-49)6-11-31/h3-17,20-21,38-39,42H,18-19,23-25H2,1-2H3,(H2,50,52)(H,51,54)/t38-,39-,42?/m0/s1. The number of ether oxygens (including phenoxy) is 4. The van der Waals surface area contributed by atoms with E-state index in [1.165, 1.54) is 7.11 Å². The average Bonchev–Trinajstić information content (AvgIpc) is 3.65. The van der Waals surface area contributed by atoms with Crippen LogP contribution in [0, 0.1) is 18.3 Å². The first-order valence-corrected chi connectivity index (χ1v) is 22.6. The van der Waals surface area contributed by atoms with Gasteiger partial charge in [0, 0.05) is 17.8 Å². The number of benzene rings is 5. The van der Waals surface area contributed by atoms with Crippen LogP contribution in [0.3, 0.4) is 0 Å². The molecule has 2 aliphatic rings. The Morgan fingerprint density at radius 2 is 1.63 bits per heavy atom. The Morgan fingerprint density at radius 3 is 2.29 bits per heavy atom. The molecule has 0 spiro atoms. The van der Waals surface area contributed by atoms with Crippen LogP contribution in [0.25, 0.3) is 11.1 Å². The molecule has 3 N–H and O–H groups in total. The van der Waals surface area contributed by atoms with Gasteiger partial charge in [0.25, 0.3) is 10.0 Å². The lowest BCUT2D eigenvalue weighted by Crippen LogP contribution is -2.56. The lowest BCUT2D eigenvalue weighted by molar-refractivity contribution is -0.145. The number of aromatic nitrogens is 1. The molecule has 0 fully saturated rings. The van der Waals surface area contributed by atoms with Gasteiger partial charge in [0.1, 0.15) is 31.0 Å². The fourth-order valence-electron chi connectivity index (χ4n) is 7.50. The predicted molar refractivity (Wildman–Crippen MR) is 238 cm³/mol. The molecule has 8 rings (SSSR count). The minimum atomic E-state index is -4.41. The van der Waals surface area contributed by atoms with Gasteiger partial charge >= 0.3 is 5.97 Å². The maximum atomic E-state index is 14.5. The molecule has 5 aromatic carbocycles. The largest absolute Gasteiger partial charge is 0.489 e. The van der Waals surface area contributed by atoms with Crippen LogP contribution >= 0.6 is 34.5 Å². The van der Waals surface area contributed by atoms with Gasteiger partial charge in [-0.2, -0.15) is 9.57 Å². The molecule has 0 aliphatic carbocycles. The van der Waals surface area contributed by atoms with Crippen molar-refractivity contribution < 1.29 is 37.0 Å². The van der Waals surface area contributed by atoms with Gasteiger partial charge in [0.15, 0.2) is 27.8 Å². The van der Waals surface area contributed by atoms with Crippen LogP contribution in [0.1, 0.15) is 44.4 Å². The number of nitriles is 1. The Morgan fingerprint density at radius 1 is 0.952 bits per heavy atom. The number of nitrogen functional groups attached to an aromatic ring is 1. The summed E-state index contributed by atoms with van der Waals surface area (Å²) in [6, 6.07) is 30.5. The maximum Gasteiger partial charge on any atom is 0.328 e. The van der Waals surface area contributed by atoms with Gasteiger partial charge in [0.05, 0.1) is 28.8 Å². The van der Waals surface area contributed by atoms with Crippen molar-refractivity contribution in [3.8, 4) is 34.4 Å². The third kappa shape index (κ3) is 9.46. The summed E-state index contributed by atoms with van der Waals surface area (Å²) in [4.78, 5) is 32.1. The molecule has 1 amide bonds. The highest BCUT2D eigenvalue weighted by molar-refractivity contribution is 7.89. The first kappa shape index (κ1) is 43.5. The van der Waals surface area contributed by atoms with E-state index in [9.17, 15) is 18.0 Å². The van der Waals surface area contributed by atoms with Gasteiger partial charge < -0.3 is 30.0 Å². The molecule has 2 aliphatic heterocycles. The number of hydrogen-bond donors (Lipinski definition) is 2. The number of nitrogens with zero attached hydrogens (tertiary/aromatic N) is 3. The highest BCUT2D eigenvalue weighted by atomic mass is 35.5. The number of nitrogens with two attached hydrogens (primary N) is 1. The van der Waals surface area contributed by atoms with Crippen LogP contribution in [-0.2, 0) is 50.3 Å². The molecule has 1 unspecified atom stereocenters. The van der Waals surface area contributed by atoms with Crippen LogP contribution in [-0.4, -0.2) is 55.4 Å². The van der Waals surface area contributed by atoms with Crippen molar-refractivity contribution in [3.63, 3.8) is 0 Å². The second kappa shape index (κ2) is 18.3. The van der Waals surface area contributed by atoms with E-state index in [1.807, 2.05) is 66.7 Å². The fraction of sp³-hybridized carbons (Fsp3) is 0.217. The second-order valence-corrected chi connectivity index (χ2v) is 18.8. The number of halogens is 2. The molecule has 1 aromatic heterocycles. The number of amides is 1. The van der Waals surface area contributed by atoms with Crippen molar-refractivity contribution in [3.05, 3.63) is 151 Å². The maximum absolute atomic E-state index is 14.5. The van der Waals surface area contributed by atoms with Gasteiger partial charge in [-0.05, 0) is 101 Å². The minimum absolute atomic E-state index is 0.0456. The average molecular weight is 925 g/mol. The van der Waals surface area contributed by atoms with Crippen molar-refractivity contribution in [2.45, 2.75) is 56.1 Å². The highest BCUT2D eigenvalue weighted by Gasteiger charge is 2.43. The van der Waals surface area contributed by atoms with E-state index in [0.717, 1.165) is 43.5 Å². The number of rotatable bonds is 12. The summed E-state index contributed by atoms with van der Waals surface area (Å²) in [6.45, 7) is 1.88. The topological polar surface area (TPSA) is 183 Å². The molecule has 0 bridgehead atoms. The van der Waals surface area contributed by atoms with E-state index >= 15 is 0 Å². The van der Waals surface area contributed by atoms with Crippen LogP contribution in [0.5, 0.6) is 17.2 Å². The van der Waals surface area contributed by atoms with E-state index < -0.39 is 40.1 Å². The van der Waals surface area contributed by atoms with Gasteiger partial charge in [-0.1, -0.05) is 77.8 Å². The SMILES string of the molecule is COC(=O)[C@H](Cc1ccc(-c2ccc(C#N)cc2)cc1)NC(=O)[C@@H]1Cc2cc3c(cc2CN1S(=O)(=O)c1nc(N)sc1C)OC(c1ccc(OCc2ccc(Cl)c(Cl)c2)cc1)CO3. The van der Waals surface area contributed by atoms with E-state index in [0.29, 0.717) is 55.5 Å². The second-order valence-electron chi connectivity index (χ2n) is 14.9. The molecule has 3 atom stereocenters. The molecule has 17 heteroatoms. The summed E-state index contributed by atoms with van der Waals surface area (Å²) < 4.78 is 53.7. The summed E-state index contributed by atoms with van der Waals surface area (Å²) in [7, 11) is -3.19. The number of sulfonamides is 1. The lowest BCUT2D eigenvalue weighted by Gasteiger charge is -2.36. The third-order valence-electron chi connectivity index (χ3n) is 10.8. The molecular weight excluding hydrogens is 886 g/mol. The summed E-state index contributed by atoms with van der Waals surface area (Å²) >= 11 is 13.2. The number of carbonyl (C=O) groups excluding carboxylic acids is 2. The number of methoxy groups -OCH3 is 1. The first-order valence-electron chi connectivity index (χ1n) is 19.6. The Labute approximate surface area is 377 Å². The fourth-order valence-corrected chi connectivity index (χ4v) is 10.5. The number of carbonyl (C=O) groups is 2. The summed E-state index contributed by atoms with van der Waals surface area (Å²) in [5.41, 5.74) is 12.0. The molecule has 3 heterocycles. The van der Waals surface area contributed by atoms with Gasteiger partial charge in [-0.3, -0.25) is 4.79 Å². The van der Waals surface area contributed by atoms with E-state index in [2.05, 4.69) is 16.4 Å². The first-order chi connectivity index (χ1) is 30.3. The van der Waals surface area contributed by atoms with E-state index in [4.69, 9.17) is 53.1 Å². The van der Waals surface area contributed by atoms with Gasteiger partial charge in [0.2, 0.25) is 5.91 Å². The molecule has 6 aromatic rings. The van der Waals surface area contributed by atoms with Crippen LogP contribution < -0.4 is 25.3 Å². The normalized spacial score (nSPS) is 16.3. The zero-order valence-corrected chi connectivity index (χ0v) is 37.0. The Hall–Kier alpha value is -6.15. The highest BCUT2D eigenvalue weighted by Crippen LogP contribution is 2.42. The number of aryl methyl sites for hydroxylation is 1. The number of hydrogen-bond acceptors (Lipinski definition) is 12. The molecule has 63 heavy (non-hydrogen) atoms. The van der Waals surface area contributed by atoms with Crippen molar-refractivity contribution in [2.75, 3.05) is 19.5 Å². The molecule has 13 nitrogen and oxygen atoms in total. The lowest BCUT2D eigenvalue weighted by atomic mass is 9.93. The quantitative estimate of drug-likeness (QED) is 0.114. The molecule has 322 valence electrons. The monoisotopic (exact) mass is 923 g/mol. The van der Waals surface area contributed by atoms with Crippen molar-refractivity contribution in [2.24, 2.45) is 0 Å². The van der Waals surface area contributed by atoms with Crippen LogP contribution in [0.2, 0.25) is 10.0 Å². The van der Waals surface area contributed by atoms with Gasteiger partial charge in [-0.15, -0.1) is 11.3 Å². The van der Waals surface area contributed by atoms with Crippen molar-refractivity contribution in [1.29, 1.82) is 5.26 Å². The smallest absolute Gasteiger partial charge is 0.328 e. The van der Waals surface area contributed by atoms with Gasteiger partial charge in [-0.25, -0.2) is 18.2 Å². The van der Waals surface area contributed by atoms with Crippen LogP contribution in [0.4, 0.5) is 5.13 Å².